The van der Waals surface area contributed by atoms with Crippen molar-refractivity contribution in [2.75, 3.05) is 0 Å². The second-order valence-electron chi connectivity index (χ2n) is 6.96. The van der Waals surface area contributed by atoms with Gasteiger partial charge in [-0.1, -0.05) is 34.4 Å². The molecule has 0 saturated heterocycles. The van der Waals surface area contributed by atoms with Crippen LogP contribution in [0.25, 0.3) is 0 Å². The zero-order valence-corrected chi connectivity index (χ0v) is 16.1. The zero-order chi connectivity index (χ0) is 18.7. The van der Waals surface area contributed by atoms with E-state index in [-0.39, 0.29) is 0 Å². The van der Waals surface area contributed by atoms with Gasteiger partial charge in [-0.05, 0) is 79.4 Å². The molecule has 0 bridgehead atoms. The number of carbonyl (C=O) groups excluding carboxylic acids is 1. The fourth-order valence-corrected chi connectivity index (χ4v) is 2.22. The van der Waals surface area contributed by atoms with Gasteiger partial charge in [0.25, 0.3) is 0 Å². The summed E-state index contributed by atoms with van der Waals surface area (Å²) >= 11 is 0. The molecule has 0 aromatic heterocycles. The number of aliphatic hydroxyl groups excluding tert-OH is 2. The summed E-state index contributed by atoms with van der Waals surface area (Å²) in [5.74, 6) is -0.571. The second kappa shape index (κ2) is 12.0. The van der Waals surface area contributed by atoms with E-state index >= 15 is 0 Å². The van der Waals surface area contributed by atoms with Crippen molar-refractivity contribution in [3.8, 4) is 0 Å². The average molecular weight is 335 g/mol. The van der Waals surface area contributed by atoms with Crippen molar-refractivity contribution >= 4 is 5.78 Å². The fourth-order valence-electron chi connectivity index (χ4n) is 2.22. The lowest BCUT2D eigenvalue weighted by atomic mass is 10.0. The minimum Gasteiger partial charge on any atom is -0.381 e. The zero-order valence-electron chi connectivity index (χ0n) is 16.1. The van der Waals surface area contributed by atoms with Crippen molar-refractivity contribution < 1.29 is 15.0 Å². The van der Waals surface area contributed by atoms with Crippen LogP contribution in [-0.2, 0) is 4.79 Å². The maximum Gasteiger partial charge on any atom is 0.197 e. The molecule has 0 aromatic carbocycles. The van der Waals surface area contributed by atoms with Crippen LogP contribution in [0, 0.1) is 0 Å². The third-order valence-electron chi connectivity index (χ3n) is 3.65. The highest BCUT2D eigenvalue weighted by Crippen LogP contribution is 2.11. The van der Waals surface area contributed by atoms with Crippen LogP contribution in [0.2, 0.25) is 0 Å². The number of rotatable bonds is 10. The van der Waals surface area contributed by atoms with Crippen LogP contribution < -0.4 is 0 Å². The molecule has 0 fully saturated rings. The molecule has 0 aromatic rings. The first kappa shape index (κ1) is 22.6. The Morgan fingerprint density at radius 1 is 0.750 bits per heavy atom. The number of allylic oxidation sites excluding steroid dienone is 6. The van der Waals surface area contributed by atoms with E-state index in [1.54, 1.807) is 0 Å². The molecule has 3 nitrogen and oxygen atoms in total. The van der Waals surface area contributed by atoms with Crippen molar-refractivity contribution in [2.24, 2.45) is 0 Å². The quantitative estimate of drug-likeness (QED) is 0.571. The topological polar surface area (TPSA) is 57.5 Å². The molecule has 0 saturated carbocycles. The Kier molecular flexibility index (Phi) is 11.3. The highest BCUT2D eigenvalue weighted by Gasteiger charge is 2.20. The van der Waals surface area contributed by atoms with Gasteiger partial charge in [0.15, 0.2) is 5.78 Å². The molecule has 2 N–H and O–H groups in total. The first-order valence-corrected chi connectivity index (χ1v) is 8.64. The SMILES string of the molecule is CC(C)=CCC/C(C)=C\C(O)C(=O)C(O)/C=C(/C)CCC=C(C)C. The second-order valence-corrected chi connectivity index (χ2v) is 6.96. The van der Waals surface area contributed by atoms with Crippen LogP contribution in [0.1, 0.15) is 67.2 Å². The smallest absolute Gasteiger partial charge is 0.197 e. The number of ketones is 1. The summed E-state index contributed by atoms with van der Waals surface area (Å²) < 4.78 is 0. The molecule has 2 atom stereocenters. The maximum absolute atomic E-state index is 12.1. The number of aliphatic hydroxyl groups is 2. The Hall–Kier alpha value is -1.45. The molecule has 3 heteroatoms. The van der Waals surface area contributed by atoms with E-state index in [4.69, 9.17) is 0 Å². The molecular formula is C21H34O3. The molecule has 0 rings (SSSR count). The number of Topliss-reactive ketones (excluding diaryl/α,β-unsaturated/α-hetero) is 1. The number of hydrogen-bond acceptors (Lipinski definition) is 3. The average Bonchev–Trinajstić information content (AvgIpc) is 2.45. The van der Waals surface area contributed by atoms with Gasteiger partial charge < -0.3 is 10.2 Å². The maximum atomic E-state index is 12.1. The molecule has 0 heterocycles. The largest absolute Gasteiger partial charge is 0.381 e. The van der Waals surface area contributed by atoms with Gasteiger partial charge in [0, 0.05) is 0 Å². The van der Waals surface area contributed by atoms with Crippen LogP contribution in [-0.4, -0.2) is 28.2 Å². The fraction of sp³-hybridized carbons (Fsp3) is 0.571. The van der Waals surface area contributed by atoms with Crippen LogP contribution in [0.4, 0.5) is 0 Å². The minimum absolute atomic E-state index is 0.571. The summed E-state index contributed by atoms with van der Waals surface area (Å²) in [7, 11) is 0. The van der Waals surface area contributed by atoms with Crippen LogP contribution >= 0.6 is 0 Å². The summed E-state index contributed by atoms with van der Waals surface area (Å²) in [6.45, 7) is 11.9. The van der Waals surface area contributed by atoms with Gasteiger partial charge in [0.1, 0.15) is 12.2 Å². The van der Waals surface area contributed by atoms with Crippen molar-refractivity contribution in [2.45, 2.75) is 79.4 Å². The van der Waals surface area contributed by atoms with E-state index in [0.717, 1.165) is 36.8 Å². The minimum atomic E-state index is -1.26. The van der Waals surface area contributed by atoms with E-state index in [2.05, 4.69) is 12.2 Å². The van der Waals surface area contributed by atoms with Crippen molar-refractivity contribution in [3.63, 3.8) is 0 Å². The van der Waals surface area contributed by atoms with Gasteiger partial charge in [-0.25, -0.2) is 0 Å². The lowest BCUT2D eigenvalue weighted by Crippen LogP contribution is -2.29. The molecule has 0 aliphatic carbocycles. The first-order valence-electron chi connectivity index (χ1n) is 8.64. The monoisotopic (exact) mass is 334 g/mol. The van der Waals surface area contributed by atoms with E-state index in [9.17, 15) is 15.0 Å². The first-order chi connectivity index (χ1) is 11.1. The van der Waals surface area contributed by atoms with Gasteiger partial charge in [0.05, 0.1) is 0 Å². The molecule has 0 radical (unpaired) electrons. The number of hydrogen-bond donors (Lipinski definition) is 2. The number of carbonyl (C=O) groups is 1. The molecule has 0 aliphatic rings. The van der Waals surface area contributed by atoms with Gasteiger partial charge in [-0.3, -0.25) is 4.79 Å². The normalized spacial score (nSPS) is 14.8. The lowest BCUT2D eigenvalue weighted by Gasteiger charge is -2.11. The van der Waals surface area contributed by atoms with Crippen molar-refractivity contribution in [1.82, 2.24) is 0 Å². The predicted molar refractivity (Wildman–Crippen MR) is 102 cm³/mol. The molecule has 2 unspecified atom stereocenters. The molecule has 0 amide bonds. The van der Waals surface area contributed by atoms with Crippen molar-refractivity contribution in [3.05, 3.63) is 46.6 Å². The standard InChI is InChI=1S/C21H34O3/c1-15(2)9-7-11-17(5)13-19(22)21(24)20(23)14-18(6)12-8-10-16(3)4/h9-10,13-14,19-20,22-23H,7-8,11-12H2,1-6H3/b17-13-,18-14-. The molecule has 0 aliphatic heterocycles. The molecular weight excluding hydrogens is 300 g/mol. The summed E-state index contributed by atoms with van der Waals surface area (Å²) in [4.78, 5) is 12.1. The van der Waals surface area contributed by atoms with Gasteiger partial charge in [-0.2, -0.15) is 0 Å². The Morgan fingerprint density at radius 2 is 1.08 bits per heavy atom. The lowest BCUT2D eigenvalue weighted by molar-refractivity contribution is -0.131. The van der Waals surface area contributed by atoms with Crippen LogP contribution in [0.15, 0.2) is 46.6 Å². The van der Waals surface area contributed by atoms with Crippen molar-refractivity contribution in [1.29, 1.82) is 0 Å². The molecule has 136 valence electrons. The van der Waals surface area contributed by atoms with Gasteiger partial charge in [-0.15, -0.1) is 0 Å². The van der Waals surface area contributed by atoms with E-state index in [1.165, 1.54) is 23.3 Å². The van der Waals surface area contributed by atoms with Crippen LogP contribution in [0.3, 0.4) is 0 Å². The van der Waals surface area contributed by atoms with E-state index in [0.29, 0.717) is 0 Å². The van der Waals surface area contributed by atoms with E-state index < -0.39 is 18.0 Å². The van der Waals surface area contributed by atoms with Gasteiger partial charge in [0.2, 0.25) is 0 Å². The van der Waals surface area contributed by atoms with E-state index in [1.807, 2.05) is 41.5 Å². The summed E-state index contributed by atoms with van der Waals surface area (Å²) in [5.41, 5.74) is 4.40. The summed E-state index contributed by atoms with van der Waals surface area (Å²) in [6.07, 6.45) is 8.18. The third kappa shape index (κ3) is 11.1. The Balaban J connectivity index is 4.59. The Labute approximate surface area is 147 Å². The highest BCUT2D eigenvalue weighted by atomic mass is 16.3. The third-order valence-corrected chi connectivity index (χ3v) is 3.65. The Bertz CT molecular complexity index is 467. The molecule has 0 spiro atoms. The highest BCUT2D eigenvalue weighted by molar-refractivity contribution is 5.90. The van der Waals surface area contributed by atoms with Crippen LogP contribution in [0.5, 0.6) is 0 Å². The summed E-state index contributed by atoms with van der Waals surface area (Å²) in [6, 6.07) is 0. The molecule has 24 heavy (non-hydrogen) atoms. The Morgan fingerprint density at radius 3 is 1.38 bits per heavy atom. The van der Waals surface area contributed by atoms with Gasteiger partial charge >= 0.3 is 0 Å². The summed E-state index contributed by atoms with van der Waals surface area (Å²) in [5, 5.41) is 20.0. The predicted octanol–water partition coefficient (Wildman–Crippen LogP) is 4.66.